The van der Waals surface area contributed by atoms with Crippen LogP contribution >= 0.6 is 0 Å². The number of fused-ring (bicyclic) bond motifs is 1. The number of carbonyl (C=O) groups is 1. The second-order valence-corrected chi connectivity index (χ2v) is 6.16. The Morgan fingerprint density at radius 3 is 2.84 bits per heavy atom. The Balaban J connectivity index is 1.64. The molecule has 0 bridgehead atoms. The molecule has 0 radical (unpaired) electrons. The van der Waals surface area contributed by atoms with Crippen LogP contribution in [0.5, 0.6) is 0 Å². The molecule has 7 nitrogen and oxygen atoms in total. The fourth-order valence-electron chi connectivity index (χ4n) is 3.35. The van der Waals surface area contributed by atoms with E-state index in [1.54, 1.807) is 29.6 Å². The highest BCUT2D eigenvalue weighted by atomic mass is 16.3. The van der Waals surface area contributed by atoms with Crippen LogP contribution < -0.4 is 0 Å². The molecule has 0 aliphatic heterocycles. The zero-order chi connectivity index (χ0) is 17.2. The maximum Gasteiger partial charge on any atom is 0.292 e. The first-order chi connectivity index (χ1) is 12.2. The summed E-state index contributed by atoms with van der Waals surface area (Å²) in [5.74, 6) is 0.674. The molecule has 3 aromatic heterocycles. The summed E-state index contributed by atoms with van der Waals surface area (Å²) in [6, 6.07) is 5.36. The molecule has 0 saturated heterocycles. The van der Waals surface area contributed by atoms with Gasteiger partial charge in [-0.25, -0.2) is 9.97 Å². The van der Waals surface area contributed by atoms with Crippen LogP contribution in [0.25, 0.3) is 0 Å². The van der Waals surface area contributed by atoms with Gasteiger partial charge < -0.3 is 9.32 Å². The zero-order valence-electron chi connectivity index (χ0n) is 14.1. The second-order valence-electron chi connectivity index (χ2n) is 6.16. The average molecular weight is 337 g/mol. The van der Waals surface area contributed by atoms with Gasteiger partial charge in [0.1, 0.15) is 5.76 Å². The third-order valence-corrected chi connectivity index (χ3v) is 4.51. The van der Waals surface area contributed by atoms with Crippen molar-refractivity contribution in [3.05, 3.63) is 65.4 Å². The summed E-state index contributed by atoms with van der Waals surface area (Å²) < 4.78 is 7.36. The molecule has 1 amide bonds. The maximum atomic E-state index is 12.9. The smallest absolute Gasteiger partial charge is 0.292 e. The standard InChI is InChI=1S/C18H19N5O2/c1-22-16-7-2-6-14(16)15(21-22)12-23(11-13-5-3-10-25-13)18(24)17-19-8-4-9-20-17/h3-5,8-10H,2,6-7,11-12H2,1H3. The van der Waals surface area contributed by atoms with E-state index in [-0.39, 0.29) is 11.7 Å². The van der Waals surface area contributed by atoms with Gasteiger partial charge in [-0.05, 0) is 43.0 Å². The van der Waals surface area contributed by atoms with Crippen molar-refractivity contribution in [2.24, 2.45) is 7.05 Å². The van der Waals surface area contributed by atoms with Gasteiger partial charge in [0.15, 0.2) is 0 Å². The third kappa shape index (κ3) is 3.05. The molecule has 1 aliphatic rings. The Labute approximate surface area is 145 Å². The molecule has 0 N–H and O–H groups in total. The summed E-state index contributed by atoms with van der Waals surface area (Å²) in [6.45, 7) is 0.774. The van der Waals surface area contributed by atoms with Crippen molar-refractivity contribution in [1.29, 1.82) is 0 Å². The number of hydrogen-bond acceptors (Lipinski definition) is 5. The minimum Gasteiger partial charge on any atom is -0.467 e. The van der Waals surface area contributed by atoms with Crippen LogP contribution in [0.2, 0.25) is 0 Å². The first-order valence-corrected chi connectivity index (χ1v) is 8.34. The zero-order valence-corrected chi connectivity index (χ0v) is 14.1. The molecule has 0 unspecified atom stereocenters. The monoisotopic (exact) mass is 337 g/mol. The van der Waals surface area contributed by atoms with Gasteiger partial charge in [0.05, 0.1) is 25.0 Å². The first-order valence-electron chi connectivity index (χ1n) is 8.34. The molecule has 3 heterocycles. The quantitative estimate of drug-likeness (QED) is 0.713. The fraction of sp³-hybridized carbons (Fsp3) is 0.333. The topological polar surface area (TPSA) is 77.0 Å². The summed E-state index contributed by atoms with van der Waals surface area (Å²) in [6.07, 6.45) is 7.96. The minimum atomic E-state index is -0.227. The number of carbonyl (C=O) groups excluding carboxylic acids is 1. The summed E-state index contributed by atoms with van der Waals surface area (Å²) in [5, 5.41) is 4.63. The molecule has 0 saturated carbocycles. The van der Waals surface area contributed by atoms with Gasteiger partial charge in [-0.15, -0.1) is 0 Å². The van der Waals surface area contributed by atoms with Gasteiger partial charge in [0.2, 0.25) is 5.82 Å². The normalized spacial score (nSPS) is 13.0. The molecule has 0 atom stereocenters. The van der Waals surface area contributed by atoms with Crippen molar-refractivity contribution < 1.29 is 9.21 Å². The molecule has 0 spiro atoms. The molecule has 128 valence electrons. The van der Waals surface area contributed by atoms with E-state index in [1.807, 2.05) is 23.9 Å². The average Bonchev–Trinajstić information content (AvgIpc) is 3.36. The van der Waals surface area contributed by atoms with Crippen molar-refractivity contribution in [1.82, 2.24) is 24.6 Å². The molecular weight excluding hydrogens is 318 g/mol. The SMILES string of the molecule is Cn1nc(CN(Cc2ccco2)C(=O)c2ncccn2)c2c1CCC2. The van der Waals surface area contributed by atoms with E-state index in [0.29, 0.717) is 13.1 Å². The van der Waals surface area contributed by atoms with Crippen molar-refractivity contribution in [2.75, 3.05) is 0 Å². The summed E-state index contributed by atoms with van der Waals surface area (Å²) in [7, 11) is 1.96. The molecule has 3 aromatic rings. The van der Waals surface area contributed by atoms with E-state index in [4.69, 9.17) is 4.42 Å². The summed E-state index contributed by atoms with van der Waals surface area (Å²) >= 11 is 0. The molecule has 7 heteroatoms. The highest BCUT2D eigenvalue weighted by Crippen LogP contribution is 2.26. The van der Waals surface area contributed by atoms with Crippen LogP contribution in [-0.2, 0) is 33.0 Å². The largest absolute Gasteiger partial charge is 0.467 e. The fourth-order valence-corrected chi connectivity index (χ4v) is 3.35. The summed E-state index contributed by atoms with van der Waals surface area (Å²) in [4.78, 5) is 22.8. The number of rotatable bonds is 5. The van der Waals surface area contributed by atoms with Crippen LogP contribution in [0.15, 0.2) is 41.3 Å². The van der Waals surface area contributed by atoms with Gasteiger partial charge in [-0.1, -0.05) is 0 Å². The Kier molecular flexibility index (Phi) is 4.05. The number of furan rings is 1. The number of nitrogens with zero attached hydrogens (tertiary/aromatic N) is 5. The van der Waals surface area contributed by atoms with E-state index < -0.39 is 0 Å². The van der Waals surface area contributed by atoms with E-state index in [2.05, 4.69) is 15.1 Å². The Bertz CT molecular complexity index is 871. The molecule has 4 rings (SSSR count). The van der Waals surface area contributed by atoms with Gasteiger partial charge in [0.25, 0.3) is 5.91 Å². The summed E-state index contributed by atoms with van der Waals surface area (Å²) in [5.41, 5.74) is 3.50. The highest BCUT2D eigenvalue weighted by Gasteiger charge is 2.26. The maximum absolute atomic E-state index is 12.9. The second kappa shape index (κ2) is 6.51. The minimum absolute atomic E-state index is 0.182. The van der Waals surface area contributed by atoms with Crippen LogP contribution in [-0.4, -0.2) is 30.6 Å². The van der Waals surface area contributed by atoms with E-state index in [0.717, 1.165) is 30.7 Å². The lowest BCUT2D eigenvalue weighted by atomic mass is 10.2. The van der Waals surface area contributed by atoms with Crippen molar-refractivity contribution >= 4 is 5.91 Å². The van der Waals surface area contributed by atoms with Gasteiger partial charge in [0, 0.05) is 25.1 Å². The Morgan fingerprint density at radius 1 is 1.24 bits per heavy atom. The lowest BCUT2D eigenvalue weighted by Gasteiger charge is -2.20. The molecular formula is C18H19N5O2. The van der Waals surface area contributed by atoms with Gasteiger partial charge in [-0.2, -0.15) is 5.10 Å². The van der Waals surface area contributed by atoms with Crippen molar-refractivity contribution in [2.45, 2.75) is 32.4 Å². The van der Waals surface area contributed by atoms with Crippen molar-refractivity contribution in [3.8, 4) is 0 Å². The molecule has 0 aromatic carbocycles. The predicted octanol–water partition coefficient (Wildman–Crippen LogP) is 2.13. The number of amides is 1. The lowest BCUT2D eigenvalue weighted by molar-refractivity contribution is 0.0702. The number of hydrogen-bond donors (Lipinski definition) is 0. The van der Waals surface area contributed by atoms with Gasteiger partial charge in [-0.3, -0.25) is 9.48 Å². The molecule has 1 aliphatic carbocycles. The molecule has 25 heavy (non-hydrogen) atoms. The van der Waals surface area contributed by atoms with E-state index in [9.17, 15) is 4.79 Å². The molecule has 0 fully saturated rings. The first kappa shape index (κ1) is 15.6. The van der Waals surface area contributed by atoms with Crippen LogP contribution in [0.1, 0.15) is 39.8 Å². The Hall–Kier alpha value is -2.96. The van der Waals surface area contributed by atoms with Crippen LogP contribution in [0.4, 0.5) is 0 Å². The highest BCUT2D eigenvalue weighted by molar-refractivity contribution is 5.90. The van der Waals surface area contributed by atoms with Gasteiger partial charge >= 0.3 is 0 Å². The predicted molar refractivity (Wildman–Crippen MR) is 89.6 cm³/mol. The number of aryl methyl sites for hydroxylation is 1. The Morgan fingerprint density at radius 2 is 2.08 bits per heavy atom. The van der Waals surface area contributed by atoms with E-state index >= 15 is 0 Å². The van der Waals surface area contributed by atoms with Crippen LogP contribution in [0, 0.1) is 0 Å². The third-order valence-electron chi connectivity index (χ3n) is 4.51. The van der Waals surface area contributed by atoms with E-state index in [1.165, 1.54) is 11.3 Å². The van der Waals surface area contributed by atoms with Crippen LogP contribution in [0.3, 0.4) is 0 Å². The number of aromatic nitrogens is 4. The van der Waals surface area contributed by atoms with Crippen molar-refractivity contribution in [3.63, 3.8) is 0 Å². The lowest BCUT2D eigenvalue weighted by Crippen LogP contribution is -2.31.